The Balaban J connectivity index is 1.58. The number of fused-ring (bicyclic) bond motifs is 1. The summed E-state index contributed by atoms with van der Waals surface area (Å²) in [5.74, 6) is 0.630. The highest BCUT2D eigenvalue weighted by atomic mass is 32.2. The standard InChI is InChI=1S/C15H21N5OS/c1-11(13(21)17-12-7-4-2-3-5-8-12)22-15-18-14-16-9-6-10-20(14)19-15/h6,9-12H,2-5,7-8H2,1H3,(H,17,21)/t11-/m1/s1. The van der Waals surface area contributed by atoms with Crippen molar-refractivity contribution < 1.29 is 4.79 Å². The molecule has 2 aromatic heterocycles. The number of thioether (sulfide) groups is 1. The van der Waals surface area contributed by atoms with E-state index < -0.39 is 0 Å². The van der Waals surface area contributed by atoms with Gasteiger partial charge in [0.05, 0.1) is 5.25 Å². The number of rotatable bonds is 4. The first-order valence-corrected chi connectivity index (χ1v) is 8.75. The first-order valence-electron chi connectivity index (χ1n) is 7.87. The summed E-state index contributed by atoms with van der Waals surface area (Å²) in [6, 6.07) is 2.13. The quantitative estimate of drug-likeness (QED) is 0.692. The van der Waals surface area contributed by atoms with Crippen LogP contribution in [0.4, 0.5) is 0 Å². The number of aromatic nitrogens is 4. The van der Waals surface area contributed by atoms with Gasteiger partial charge in [0.2, 0.25) is 11.1 Å². The molecule has 1 amide bonds. The number of carbonyl (C=O) groups excluding carboxylic acids is 1. The lowest BCUT2D eigenvalue weighted by Crippen LogP contribution is -2.39. The maximum absolute atomic E-state index is 12.3. The SMILES string of the molecule is C[C@@H](Sc1nc2ncccn2n1)C(=O)NC1CCCCCC1. The number of hydrogen-bond donors (Lipinski definition) is 1. The molecule has 1 N–H and O–H groups in total. The van der Waals surface area contributed by atoms with Gasteiger partial charge in [-0.2, -0.15) is 4.98 Å². The van der Waals surface area contributed by atoms with Crippen molar-refractivity contribution in [3.8, 4) is 0 Å². The summed E-state index contributed by atoms with van der Waals surface area (Å²) >= 11 is 1.38. The summed E-state index contributed by atoms with van der Waals surface area (Å²) in [6.07, 6.45) is 10.7. The second kappa shape index (κ2) is 7.09. The molecule has 0 saturated heterocycles. The van der Waals surface area contributed by atoms with Crippen LogP contribution in [0.1, 0.15) is 45.4 Å². The molecule has 22 heavy (non-hydrogen) atoms. The molecule has 118 valence electrons. The van der Waals surface area contributed by atoms with Crippen molar-refractivity contribution in [2.45, 2.75) is 61.9 Å². The molecule has 2 heterocycles. The maximum atomic E-state index is 12.3. The molecular weight excluding hydrogens is 298 g/mol. The van der Waals surface area contributed by atoms with Crippen LogP contribution in [0.3, 0.4) is 0 Å². The van der Waals surface area contributed by atoms with E-state index in [0.29, 0.717) is 17.0 Å². The van der Waals surface area contributed by atoms with E-state index in [1.165, 1.54) is 37.4 Å². The van der Waals surface area contributed by atoms with Crippen LogP contribution in [0.15, 0.2) is 23.6 Å². The van der Waals surface area contributed by atoms with Crippen LogP contribution in [0, 0.1) is 0 Å². The van der Waals surface area contributed by atoms with E-state index >= 15 is 0 Å². The predicted molar refractivity (Wildman–Crippen MR) is 85.7 cm³/mol. The minimum absolute atomic E-state index is 0.0729. The second-order valence-electron chi connectivity index (χ2n) is 5.72. The predicted octanol–water partition coefficient (Wildman–Crippen LogP) is 2.44. The third-order valence-corrected chi connectivity index (χ3v) is 4.90. The minimum atomic E-state index is -0.208. The third kappa shape index (κ3) is 3.76. The molecule has 1 aliphatic rings. The molecule has 0 aliphatic heterocycles. The highest BCUT2D eigenvalue weighted by Gasteiger charge is 2.21. The van der Waals surface area contributed by atoms with Gasteiger partial charge in [-0.25, -0.2) is 9.50 Å². The van der Waals surface area contributed by atoms with Gasteiger partial charge in [-0.3, -0.25) is 4.79 Å². The van der Waals surface area contributed by atoms with Crippen molar-refractivity contribution in [2.24, 2.45) is 0 Å². The van der Waals surface area contributed by atoms with E-state index in [1.807, 2.05) is 6.92 Å². The van der Waals surface area contributed by atoms with Gasteiger partial charge in [-0.05, 0) is 25.8 Å². The highest BCUT2D eigenvalue weighted by molar-refractivity contribution is 8.00. The molecule has 1 aliphatic carbocycles. The lowest BCUT2D eigenvalue weighted by molar-refractivity contribution is -0.121. The molecule has 0 radical (unpaired) electrons. The van der Waals surface area contributed by atoms with Gasteiger partial charge >= 0.3 is 0 Å². The fourth-order valence-corrected chi connectivity index (χ4v) is 3.48. The van der Waals surface area contributed by atoms with Gasteiger partial charge in [0.25, 0.3) is 5.78 Å². The molecule has 1 saturated carbocycles. The zero-order valence-electron chi connectivity index (χ0n) is 12.7. The van der Waals surface area contributed by atoms with Gasteiger partial charge in [0, 0.05) is 18.4 Å². The molecule has 0 aromatic carbocycles. The maximum Gasteiger partial charge on any atom is 0.253 e. The smallest absolute Gasteiger partial charge is 0.253 e. The molecule has 1 atom stereocenters. The highest BCUT2D eigenvalue weighted by Crippen LogP contribution is 2.22. The Bertz CT molecular complexity index is 603. The van der Waals surface area contributed by atoms with Crippen molar-refractivity contribution >= 4 is 23.4 Å². The Morgan fingerprint density at radius 2 is 2.14 bits per heavy atom. The van der Waals surface area contributed by atoms with Gasteiger partial charge in [0.15, 0.2) is 0 Å². The van der Waals surface area contributed by atoms with E-state index in [0.717, 1.165) is 12.8 Å². The zero-order valence-corrected chi connectivity index (χ0v) is 13.6. The normalized spacial score (nSPS) is 18.0. The number of nitrogens with zero attached hydrogens (tertiary/aromatic N) is 4. The van der Waals surface area contributed by atoms with Gasteiger partial charge < -0.3 is 5.32 Å². The Morgan fingerprint density at radius 3 is 2.86 bits per heavy atom. The Labute approximate surface area is 134 Å². The first-order chi connectivity index (χ1) is 10.7. The second-order valence-corrected chi connectivity index (χ2v) is 7.02. The number of nitrogens with one attached hydrogen (secondary N) is 1. The number of hydrogen-bond acceptors (Lipinski definition) is 5. The summed E-state index contributed by atoms with van der Waals surface area (Å²) in [4.78, 5) is 20.8. The van der Waals surface area contributed by atoms with Crippen molar-refractivity contribution in [3.63, 3.8) is 0 Å². The van der Waals surface area contributed by atoms with Gasteiger partial charge in [-0.15, -0.1) is 5.10 Å². The fourth-order valence-electron chi connectivity index (χ4n) is 2.72. The average molecular weight is 319 g/mol. The van der Waals surface area contributed by atoms with Crippen LogP contribution >= 0.6 is 11.8 Å². The zero-order chi connectivity index (χ0) is 15.4. The molecular formula is C15H21N5OS. The van der Waals surface area contributed by atoms with Crippen LogP contribution in [0.2, 0.25) is 0 Å². The number of amides is 1. The molecule has 0 unspecified atom stereocenters. The van der Waals surface area contributed by atoms with Gasteiger partial charge in [0.1, 0.15) is 0 Å². The van der Waals surface area contributed by atoms with E-state index in [4.69, 9.17) is 0 Å². The lowest BCUT2D eigenvalue weighted by Gasteiger charge is -2.18. The Kier molecular flexibility index (Phi) is 4.92. The van der Waals surface area contributed by atoms with Crippen molar-refractivity contribution in [1.82, 2.24) is 24.9 Å². The summed E-state index contributed by atoms with van der Waals surface area (Å²) in [6.45, 7) is 1.90. The molecule has 6 nitrogen and oxygen atoms in total. The van der Waals surface area contributed by atoms with E-state index in [1.54, 1.807) is 23.0 Å². The minimum Gasteiger partial charge on any atom is -0.352 e. The van der Waals surface area contributed by atoms with Crippen LogP contribution in [-0.4, -0.2) is 36.8 Å². The fraction of sp³-hybridized carbons (Fsp3) is 0.600. The van der Waals surface area contributed by atoms with Crippen molar-refractivity contribution in [2.75, 3.05) is 0 Å². The molecule has 0 bridgehead atoms. The summed E-state index contributed by atoms with van der Waals surface area (Å²) in [7, 11) is 0. The van der Waals surface area contributed by atoms with Crippen LogP contribution in [-0.2, 0) is 4.79 Å². The third-order valence-electron chi connectivity index (χ3n) is 3.95. The van der Waals surface area contributed by atoms with Crippen LogP contribution in [0.25, 0.3) is 5.78 Å². The lowest BCUT2D eigenvalue weighted by atomic mass is 10.1. The van der Waals surface area contributed by atoms with E-state index in [-0.39, 0.29) is 11.2 Å². The molecule has 1 fully saturated rings. The molecule has 2 aromatic rings. The molecule has 7 heteroatoms. The first kappa shape index (κ1) is 15.3. The average Bonchev–Trinajstić information content (AvgIpc) is 2.74. The number of carbonyl (C=O) groups is 1. The van der Waals surface area contributed by atoms with Crippen molar-refractivity contribution in [3.05, 3.63) is 18.5 Å². The summed E-state index contributed by atoms with van der Waals surface area (Å²) in [5, 5.41) is 7.88. The van der Waals surface area contributed by atoms with Crippen molar-refractivity contribution in [1.29, 1.82) is 0 Å². The van der Waals surface area contributed by atoms with E-state index in [2.05, 4.69) is 20.4 Å². The Hall–Kier alpha value is -1.63. The summed E-state index contributed by atoms with van der Waals surface area (Å²) < 4.78 is 1.62. The summed E-state index contributed by atoms with van der Waals surface area (Å²) in [5.41, 5.74) is 0. The molecule has 3 rings (SSSR count). The Morgan fingerprint density at radius 1 is 1.36 bits per heavy atom. The largest absolute Gasteiger partial charge is 0.352 e. The monoisotopic (exact) mass is 319 g/mol. The van der Waals surface area contributed by atoms with Crippen LogP contribution in [0.5, 0.6) is 0 Å². The molecule has 0 spiro atoms. The van der Waals surface area contributed by atoms with E-state index in [9.17, 15) is 4.79 Å². The van der Waals surface area contributed by atoms with Crippen LogP contribution < -0.4 is 5.32 Å². The topological polar surface area (TPSA) is 72.2 Å². The van der Waals surface area contributed by atoms with Gasteiger partial charge in [-0.1, -0.05) is 37.4 Å².